The molecule has 0 saturated carbocycles. The molecule has 1 heterocycles. The van der Waals surface area contributed by atoms with E-state index < -0.39 is 23.2 Å². The molecule has 0 spiro atoms. The molecule has 0 aliphatic carbocycles. The van der Waals surface area contributed by atoms with Crippen molar-refractivity contribution in [2.24, 2.45) is 0 Å². The molecule has 8 heteroatoms. The van der Waals surface area contributed by atoms with E-state index in [0.717, 1.165) is 18.5 Å². The lowest BCUT2D eigenvalue weighted by molar-refractivity contribution is -0.138. The molecule has 104 valence electrons. The topological polar surface area (TPSA) is 75.1 Å². The van der Waals surface area contributed by atoms with E-state index in [1.54, 1.807) is 6.92 Å². The van der Waals surface area contributed by atoms with Crippen LogP contribution in [0.5, 0.6) is 0 Å². The molecule has 5 nitrogen and oxygen atoms in total. The highest BCUT2D eigenvalue weighted by molar-refractivity contribution is 5.97. The largest absolute Gasteiger partial charge is 0.480 e. The van der Waals surface area contributed by atoms with Crippen molar-refractivity contribution in [3.63, 3.8) is 0 Å². The van der Waals surface area contributed by atoms with Crippen molar-refractivity contribution < 1.29 is 22.7 Å². The third-order valence-corrected chi connectivity index (χ3v) is 2.10. The Balaban J connectivity index is 2.80. The second kappa shape index (κ2) is 6.17. The van der Waals surface area contributed by atoms with Crippen LogP contribution < -0.4 is 5.32 Å². The second-order valence-electron chi connectivity index (χ2n) is 3.46. The number of hydrogen-bond donors (Lipinski definition) is 2. The summed E-state index contributed by atoms with van der Waals surface area (Å²) in [6.45, 7) is 1.62. The zero-order chi connectivity index (χ0) is 14.5. The number of carbonyl (C=O) groups excluding carboxylic acids is 1. The van der Waals surface area contributed by atoms with Crippen LogP contribution in [0.15, 0.2) is 18.5 Å². The Morgan fingerprint density at radius 3 is 2.79 bits per heavy atom. The smallest absolute Gasteiger partial charge is 0.417 e. The summed E-state index contributed by atoms with van der Waals surface area (Å²) in [7, 11) is 0. The molecule has 0 aliphatic heterocycles. The van der Waals surface area contributed by atoms with Crippen LogP contribution in [0.3, 0.4) is 0 Å². The van der Waals surface area contributed by atoms with E-state index >= 15 is 0 Å². The quantitative estimate of drug-likeness (QED) is 0.650. The van der Waals surface area contributed by atoms with E-state index in [4.69, 9.17) is 10.1 Å². The van der Waals surface area contributed by atoms with Crippen LogP contribution in [0.1, 0.15) is 22.8 Å². The number of carbonyl (C=O) groups is 1. The molecule has 0 aromatic carbocycles. The van der Waals surface area contributed by atoms with Gasteiger partial charge < -0.3 is 10.1 Å². The van der Waals surface area contributed by atoms with E-state index in [9.17, 15) is 18.0 Å². The minimum Gasteiger partial charge on any atom is -0.480 e. The molecule has 1 aromatic heterocycles. The molecule has 0 saturated heterocycles. The number of nitrogens with zero attached hydrogens (tertiary/aromatic N) is 1. The van der Waals surface area contributed by atoms with E-state index in [2.05, 4.69) is 10.3 Å². The highest BCUT2D eigenvalue weighted by atomic mass is 19.4. The van der Waals surface area contributed by atoms with Gasteiger partial charge >= 0.3 is 6.18 Å². The third-order valence-electron chi connectivity index (χ3n) is 2.10. The third kappa shape index (κ3) is 4.23. The second-order valence-corrected chi connectivity index (χ2v) is 3.46. The van der Waals surface area contributed by atoms with E-state index in [1.165, 1.54) is 0 Å². The van der Waals surface area contributed by atoms with Crippen molar-refractivity contribution in [3.8, 4) is 0 Å². The van der Waals surface area contributed by atoms with Crippen LogP contribution in [0.2, 0.25) is 0 Å². The summed E-state index contributed by atoms with van der Waals surface area (Å²) in [5.74, 6) is -1.18. The van der Waals surface area contributed by atoms with Crippen molar-refractivity contribution in [2.45, 2.75) is 13.1 Å². The Kier molecular flexibility index (Phi) is 4.85. The summed E-state index contributed by atoms with van der Waals surface area (Å²) in [5, 5.41) is 9.41. The number of alkyl halides is 3. The van der Waals surface area contributed by atoms with Crippen molar-refractivity contribution in [1.82, 2.24) is 10.3 Å². The number of halogens is 3. The van der Waals surface area contributed by atoms with Crippen LogP contribution >= 0.6 is 0 Å². The molecule has 1 amide bonds. The van der Waals surface area contributed by atoms with Crippen LogP contribution in [0.25, 0.3) is 0 Å². The van der Waals surface area contributed by atoms with Gasteiger partial charge in [0.1, 0.15) is 0 Å². The van der Waals surface area contributed by atoms with E-state index in [1.807, 2.05) is 0 Å². The number of hydrogen-bond acceptors (Lipinski definition) is 4. The van der Waals surface area contributed by atoms with Gasteiger partial charge in [-0.05, 0) is 13.0 Å². The van der Waals surface area contributed by atoms with Crippen molar-refractivity contribution in [2.75, 3.05) is 13.2 Å². The van der Waals surface area contributed by atoms with Gasteiger partial charge in [0.2, 0.25) is 0 Å². The molecule has 19 heavy (non-hydrogen) atoms. The maximum atomic E-state index is 12.7. The summed E-state index contributed by atoms with van der Waals surface area (Å²) in [4.78, 5) is 15.1. The molecule has 2 N–H and O–H groups in total. The fourth-order valence-electron chi connectivity index (χ4n) is 1.30. The van der Waals surface area contributed by atoms with Gasteiger partial charge in [-0.2, -0.15) is 13.2 Å². The highest BCUT2D eigenvalue weighted by Gasteiger charge is 2.35. The molecule has 0 atom stereocenters. The summed E-state index contributed by atoms with van der Waals surface area (Å²) < 4.78 is 42.7. The first-order chi connectivity index (χ1) is 8.86. The normalized spacial score (nSPS) is 10.9. The fraction of sp³-hybridized carbons (Fsp3) is 0.364. The molecular formula is C11H12F3N3O2. The number of ether oxygens (including phenoxy) is 1. The number of rotatable bonds is 4. The van der Waals surface area contributed by atoms with Crippen LogP contribution in [0.4, 0.5) is 13.2 Å². The monoisotopic (exact) mass is 275 g/mol. The van der Waals surface area contributed by atoms with Crippen molar-refractivity contribution >= 4 is 11.8 Å². The maximum Gasteiger partial charge on any atom is 0.417 e. The summed E-state index contributed by atoms with van der Waals surface area (Å²) >= 11 is 0. The molecule has 0 aliphatic rings. The Morgan fingerprint density at radius 2 is 2.21 bits per heavy atom. The lowest BCUT2D eigenvalue weighted by atomic mass is 10.1. The minimum atomic E-state index is -4.64. The van der Waals surface area contributed by atoms with Gasteiger partial charge in [0.25, 0.3) is 5.91 Å². The maximum absolute atomic E-state index is 12.7. The van der Waals surface area contributed by atoms with Gasteiger partial charge in [-0.3, -0.25) is 15.2 Å². The minimum absolute atomic E-state index is 0.228. The zero-order valence-electron chi connectivity index (χ0n) is 10.0. The average molecular weight is 275 g/mol. The molecule has 0 radical (unpaired) electrons. The molecule has 1 aromatic rings. The summed E-state index contributed by atoms with van der Waals surface area (Å²) in [6, 6.07) is 0.725. The predicted molar refractivity (Wildman–Crippen MR) is 60.9 cm³/mol. The zero-order valence-corrected chi connectivity index (χ0v) is 10.0. The molecule has 0 fully saturated rings. The lowest BCUT2D eigenvalue weighted by Crippen LogP contribution is -2.31. The number of aromatic nitrogens is 1. The number of amides is 1. The van der Waals surface area contributed by atoms with E-state index in [0.29, 0.717) is 0 Å². The number of nitrogens with one attached hydrogen (secondary N) is 2. The van der Waals surface area contributed by atoms with Crippen LogP contribution in [0, 0.1) is 5.41 Å². The Morgan fingerprint density at radius 1 is 1.53 bits per heavy atom. The summed E-state index contributed by atoms with van der Waals surface area (Å²) in [5.41, 5.74) is -1.65. The van der Waals surface area contributed by atoms with Crippen LogP contribution in [-0.4, -0.2) is 29.9 Å². The van der Waals surface area contributed by atoms with Gasteiger partial charge in [-0.1, -0.05) is 0 Å². The van der Waals surface area contributed by atoms with Crippen molar-refractivity contribution in [3.05, 3.63) is 29.6 Å². The number of pyridine rings is 1. The van der Waals surface area contributed by atoms with Gasteiger partial charge in [-0.15, -0.1) is 0 Å². The highest BCUT2D eigenvalue weighted by Crippen LogP contribution is 2.31. The molecule has 1 rings (SSSR count). The first kappa shape index (κ1) is 14.9. The van der Waals surface area contributed by atoms with Gasteiger partial charge in [0.15, 0.2) is 5.90 Å². The first-order valence-corrected chi connectivity index (χ1v) is 5.36. The standard InChI is InChI=1S/C11H12F3N3O2/c1-2-19-9(15)6-17-10(18)7-5-16-4-3-8(7)11(12,13)14/h3-5,15H,2,6H2,1H3,(H,17,18). The fourth-order valence-corrected chi connectivity index (χ4v) is 1.30. The van der Waals surface area contributed by atoms with Gasteiger partial charge in [0, 0.05) is 12.4 Å². The van der Waals surface area contributed by atoms with Gasteiger partial charge in [0.05, 0.1) is 24.3 Å². The van der Waals surface area contributed by atoms with E-state index in [-0.39, 0.29) is 19.0 Å². The van der Waals surface area contributed by atoms with Crippen LogP contribution in [-0.2, 0) is 10.9 Å². The first-order valence-electron chi connectivity index (χ1n) is 5.36. The Bertz CT molecular complexity index is 474. The average Bonchev–Trinajstić information content (AvgIpc) is 2.35. The molecule has 0 unspecified atom stereocenters. The predicted octanol–water partition coefficient (Wildman–Crippen LogP) is 1.84. The molecule has 0 bridgehead atoms. The SMILES string of the molecule is CCOC(=N)CNC(=O)c1cnccc1C(F)(F)F. The Labute approximate surface area is 107 Å². The molecular weight excluding hydrogens is 263 g/mol. The Hall–Kier alpha value is -2.12. The van der Waals surface area contributed by atoms with Crippen molar-refractivity contribution in [1.29, 1.82) is 5.41 Å². The summed E-state index contributed by atoms with van der Waals surface area (Å²) in [6.07, 6.45) is -2.84. The van der Waals surface area contributed by atoms with Gasteiger partial charge in [-0.25, -0.2) is 0 Å². The lowest BCUT2D eigenvalue weighted by Gasteiger charge is -2.12.